The van der Waals surface area contributed by atoms with Gasteiger partial charge in [0.1, 0.15) is 5.75 Å². The van der Waals surface area contributed by atoms with Crippen molar-refractivity contribution in [2.45, 2.75) is 13.8 Å². The maximum atomic E-state index is 10.8. The predicted octanol–water partition coefficient (Wildman–Crippen LogP) is 13.6. The third kappa shape index (κ3) is 52.9. The van der Waals surface area contributed by atoms with E-state index in [1.807, 2.05) is 191 Å². The second-order valence-corrected chi connectivity index (χ2v) is 27.4. The predicted molar refractivity (Wildman–Crippen MR) is 522 cm³/mol. The van der Waals surface area contributed by atoms with E-state index in [0.717, 1.165) is 76.6 Å². The van der Waals surface area contributed by atoms with Crippen molar-refractivity contribution in [2.75, 3.05) is 36.2 Å². The van der Waals surface area contributed by atoms with E-state index in [0.29, 0.717) is 28.3 Å². The van der Waals surface area contributed by atoms with Gasteiger partial charge < -0.3 is 44.4 Å². The summed E-state index contributed by atoms with van der Waals surface area (Å²) in [6.45, 7) is 10.7. The van der Waals surface area contributed by atoms with E-state index in [1.54, 1.807) is 163 Å². The van der Waals surface area contributed by atoms with E-state index in [-0.39, 0.29) is 5.75 Å². The fraction of sp³-hybridized carbons (Fsp3) is 0.0404. The number of phenolic OH excluding ortho intramolecular Hbond substituents is 1. The number of nitrogen functional groups attached to an aromatic ring is 3. The normalized spacial score (nSPS) is 10.3. The Hall–Kier alpha value is -17.5. The Kier molecular flexibility index (Phi) is 55.3. The number of hydroxylamine groups is 7. The number of amides is 10. The van der Waals surface area contributed by atoms with Gasteiger partial charge in [0.05, 0.1) is 6.57 Å². The van der Waals surface area contributed by atoms with Crippen molar-refractivity contribution in [1.82, 2.24) is 38.4 Å². The molecule has 0 aliphatic heterocycles. The summed E-state index contributed by atoms with van der Waals surface area (Å²) in [4.78, 5) is 111. The van der Waals surface area contributed by atoms with Crippen LogP contribution in [0.15, 0.2) is 326 Å². The molecule has 0 aliphatic rings. The van der Waals surface area contributed by atoms with Crippen molar-refractivity contribution in [2.24, 2.45) is 17.2 Å². The van der Waals surface area contributed by atoms with Crippen LogP contribution in [0.1, 0.15) is 66.8 Å². The number of rotatable bonds is 21. The van der Waals surface area contributed by atoms with Crippen LogP contribution in [0.3, 0.4) is 0 Å². The number of hydrogen-bond donors (Lipinski definition) is 21. The number of anilines is 4. The molecule has 0 heterocycles. The first-order valence-corrected chi connectivity index (χ1v) is 39.7. The molecule has 0 unspecified atom stereocenters. The zero-order chi connectivity index (χ0) is 98.7. The van der Waals surface area contributed by atoms with E-state index in [2.05, 4.69) is 20.8 Å². The van der Waals surface area contributed by atoms with Gasteiger partial charge >= 0.3 is 0 Å². The fourth-order valence-corrected chi connectivity index (χ4v) is 9.78. The molecule has 11 rings (SSSR count). The van der Waals surface area contributed by atoms with E-state index in [9.17, 15) is 53.1 Å². The average Bonchev–Trinajstić information content (AvgIpc) is 0.843. The summed E-state index contributed by atoms with van der Waals surface area (Å²) in [5, 5.41) is 69.2. The molecule has 11 aromatic carbocycles. The first-order chi connectivity index (χ1) is 63.7. The van der Waals surface area contributed by atoms with Crippen LogP contribution >= 0.6 is 15.9 Å². The van der Waals surface area contributed by atoms with Crippen molar-refractivity contribution < 1.29 is 89.5 Å². The number of aromatic hydroxyl groups is 1. The van der Waals surface area contributed by atoms with Gasteiger partial charge in [-0.05, 0) is 196 Å². The van der Waals surface area contributed by atoms with Gasteiger partial charge in [-0.2, -0.15) is 0 Å². The van der Waals surface area contributed by atoms with E-state index >= 15 is 0 Å². The molecular weight excluding hydrogens is 1770 g/mol. The molecule has 0 radical (unpaired) electrons. The Labute approximate surface area is 775 Å². The van der Waals surface area contributed by atoms with Crippen LogP contribution in [0.5, 0.6) is 5.75 Å². The molecule has 0 aliphatic carbocycles. The number of carbonyl (C=O) groups excluding carboxylic acids is 10. The molecule has 133 heavy (non-hydrogen) atoms. The molecule has 34 heteroatoms. The van der Waals surface area contributed by atoms with Crippen molar-refractivity contribution in [1.29, 1.82) is 0 Å². The quantitative estimate of drug-likeness (QED) is 0.0104. The minimum Gasteiger partial charge on any atom is -0.507 e. The Morgan fingerprint density at radius 3 is 1.02 bits per heavy atom. The Balaban J connectivity index is 0.000000501. The zero-order valence-corrected chi connectivity index (χ0v) is 73.9. The van der Waals surface area contributed by atoms with Crippen LogP contribution in [-0.2, 0) is 47.9 Å². The number of nitrogens with zero attached hydrogens (tertiary/aromatic N) is 2. The molecule has 0 bridgehead atoms. The monoisotopic (exact) mass is 1870 g/mol. The highest BCUT2D eigenvalue weighted by atomic mass is 79.9. The molecular formula is C99H102BrN15O18. The molecule has 0 saturated carbocycles. The van der Waals surface area contributed by atoms with Gasteiger partial charge in [-0.3, -0.25) is 84.4 Å². The van der Waals surface area contributed by atoms with Crippen LogP contribution in [-0.4, -0.2) is 115 Å². The van der Waals surface area contributed by atoms with Gasteiger partial charge in [-0.1, -0.05) is 227 Å². The van der Waals surface area contributed by atoms with Gasteiger partial charge in [-0.15, -0.1) is 0 Å². The number of primary amides is 3. The molecule has 10 amide bonds. The highest BCUT2D eigenvalue weighted by Gasteiger charge is 2.04. The van der Waals surface area contributed by atoms with Gasteiger partial charge in [-0.25, -0.2) is 43.2 Å². The van der Waals surface area contributed by atoms with Crippen molar-refractivity contribution >= 4 is 175 Å². The molecule has 0 aromatic heterocycles. The van der Waals surface area contributed by atoms with Crippen molar-refractivity contribution in [3.05, 3.63) is 404 Å². The first-order valence-electron chi connectivity index (χ1n) is 38.9. The molecule has 688 valence electrons. The number of para-hydroxylation sites is 3. The lowest BCUT2D eigenvalue weighted by Crippen LogP contribution is -2.15. The number of hydrogen-bond acceptors (Lipinski definition) is 22. The highest BCUT2D eigenvalue weighted by Crippen LogP contribution is 2.22. The van der Waals surface area contributed by atoms with Crippen molar-refractivity contribution in [3.8, 4) is 5.75 Å². The smallest absolute Gasteiger partial charge is 0.267 e. The minimum atomic E-state index is -0.584. The third-order valence-corrected chi connectivity index (χ3v) is 16.6. The number of phenols is 1. The molecule has 33 nitrogen and oxygen atoms in total. The minimum absolute atomic E-state index is 0.134. The number of halogens is 1. The summed E-state index contributed by atoms with van der Waals surface area (Å²) >= 11 is 3.31. The standard InChI is InChI=1S/C13H11NO2.C11H14N2O2.C10H8N2O2.2C10H11NO2.C9H8BrNO.2C9H10N2O2.C9H10N2O.C9H9NO2/c15-13(14-16)8-6-10-5-7-11-3-1-2-4-12(11)9-10;1-13(2)10-6-4-3-5-9(10)7-8-11(14)12-15;1-11-9-5-2-8(3-6-9)4-7-10(13)12-14;1-8-2-4-9(5-3-8)6-7-10(12)11-13;1-8-3-2-4-9(7-8)5-6-10(12)11-13;10-8-4-1-7(2-5-8)3-6-9(11)12;10-8-4-1-7(2-5-8)3-6-9(12)11-13;10-8-4-2-1-3-7(8)5-6-9(12)11-13;10-8-4-1-7(2-5-8)3-6-9(11)12;10-9(12)6-5-7-3-1-2-4-8(7)11/h1-9,16H,(H,14,15);3-8,15H,1-2H3,(H,12,14);2-7,14H,(H,12,13);2*2-7,13H,1H3,(H,11,12);1-6H,(H2,11,12);2*1-6,13H,10H2,(H,11,12);1-6H,10H2,(H2,11,12);1-6,11H,(H2,10,12)/b8-6+;8-7+;7-4+;7-6+;6-5+;2*6-3+;6-5+;6-3+;6-5+. The molecule has 0 spiro atoms. The first kappa shape index (κ1) is 112. The Morgan fingerprint density at radius 1 is 0.316 bits per heavy atom. The summed E-state index contributed by atoms with van der Waals surface area (Å²) in [5.74, 6) is -5.13. The summed E-state index contributed by atoms with van der Waals surface area (Å²) in [7, 11) is 3.86. The van der Waals surface area contributed by atoms with Crippen LogP contribution in [0, 0.1) is 20.4 Å². The third-order valence-electron chi connectivity index (χ3n) is 16.1. The van der Waals surface area contributed by atoms with Crippen LogP contribution in [0.25, 0.3) is 76.4 Å². The summed E-state index contributed by atoms with van der Waals surface area (Å²) in [5.41, 5.74) is 56.2. The van der Waals surface area contributed by atoms with Gasteiger partial charge in [0.25, 0.3) is 41.4 Å². The topological polar surface area (TPSA) is 580 Å². The number of aryl methyl sites for hydroxylation is 2. The second kappa shape index (κ2) is 66.0. The number of benzene rings is 11. The lowest BCUT2D eigenvalue weighted by Gasteiger charge is -2.15. The maximum absolute atomic E-state index is 10.8. The number of fused-ring (bicyclic) bond motifs is 1. The van der Waals surface area contributed by atoms with Gasteiger partial charge in [0, 0.05) is 108 Å². The Morgan fingerprint density at radius 2 is 0.624 bits per heavy atom. The number of nitrogens with one attached hydrogen (secondary N) is 7. The highest BCUT2D eigenvalue weighted by molar-refractivity contribution is 9.10. The van der Waals surface area contributed by atoms with Crippen LogP contribution in [0.2, 0.25) is 0 Å². The largest absolute Gasteiger partial charge is 0.507 e. The molecule has 0 atom stereocenters. The fourth-order valence-electron chi connectivity index (χ4n) is 9.52. The second-order valence-electron chi connectivity index (χ2n) is 26.5. The lowest BCUT2D eigenvalue weighted by atomic mass is 10.1. The number of carbonyl (C=O) groups is 10. The summed E-state index contributed by atoms with van der Waals surface area (Å²) in [6.07, 6.45) is 28.6. The Bertz CT molecular complexity index is 5780. The molecule has 0 fully saturated rings. The summed E-state index contributed by atoms with van der Waals surface area (Å²) < 4.78 is 1.01. The van der Waals surface area contributed by atoms with Crippen LogP contribution in [0.4, 0.5) is 28.4 Å². The van der Waals surface area contributed by atoms with E-state index < -0.39 is 59.1 Å². The maximum Gasteiger partial charge on any atom is 0.267 e. The van der Waals surface area contributed by atoms with Crippen LogP contribution < -0.4 is 77.7 Å². The molecule has 27 N–H and O–H groups in total. The number of nitrogens with two attached hydrogens (primary N) is 6. The SMILES string of the molecule is CN(C)c1ccccc1/C=C/C(=O)NO.Cc1ccc(/C=C/C(=O)NO)cc1.Cc1cccc(/C=C/C(=O)NO)c1.NC(=O)/C=C/c1ccc(Br)cc1.NC(=O)/C=C/c1ccc(N)cc1.NC(=O)/C=C/c1ccccc1O.Nc1ccc(/C=C/C(=O)NO)cc1.Nc1ccccc1/C=C/C(=O)NO.O=C(/C=C/c1ccc2ccccc2c1)NO.[C-]#[N+]c1ccc(/C=C/C(=O)NO)cc1. The molecule has 0 saturated heterocycles. The van der Waals surface area contributed by atoms with E-state index in [4.69, 9.17) is 77.4 Å². The average molecular weight is 1870 g/mol. The zero-order valence-electron chi connectivity index (χ0n) is 72.3. The van der Waals surface area contributed by atoms with E-state index in [1.165, 1.54) is 106 Å². The van der Waals surface area contributed by atoms with Gasteiger partial charge in [0.15, 0.2) is 5.69 Å². The summed E-state index contributed by atoms with van der Waals surface area (Å²) in [6, 6.07) is 79.3. The van der Waals surface area contributed by atoms with Crippen molar-refractivity contribution in [3.63, 3.8) is 0 Å². The lowest BCUT2D eigenvalue weighted by molar-refractivity contribution is -0.124. The van der Waals surface area contributed by atoms with Gasteiger partial charge in [0.2, 0.25) is 17.7 Å². The molecule has 11 aromatic rings.